The van der Waals surface area contributed by atoms with Gasteiger partial charge in [-0.2, -0.15) is 13.2 Å². The Kier molecular flexibility index (Phi) is 4.79. The molecule has 140 valence electrons. The second kappa shape index (κ2) is 6.63. The first-order chi connectivity index (χ1) is 12.2. The molecule has 1 aromatic carbocycles. The molecule has 0 aliphatic carbocycles. The van der Waals surface area contributed by atoms with Gasteiger partial charge in [0.1, 0.15) is 11.1 Å². The highest BCUT2D eigenvalue weighted by Crippen LogP contribution is 2.54. The molecule has 2 aromatic rings. The minimum absolute atomic E-state index is 0.0499. The number of aryl methyl sites for hydroxylation is 1. The topological polar surface area (TPSA) is 54.1 Å². The molecule has 0 spiro atoms. The number of aromatic amines is 1. The Hall–Kier alpha value is -1.99. The van der Waals surface area contributed by atoms with Crippen molar-refractivity contribution in [3.8, 4) is 0 Å². The number of aromatic nitrogens is 1. The van der Waals surface area contributed by atoms with Gasteiger partial charge in [-0.15, -0.1) is 0 Å². The minimum Gasteiger partial charge on any atom is -0.380 e. The van der Waals surface area contributed by atoms with Gasteiger partial charge in [-0.3, -0.25) is 4.79 Å². The van der Waals surface area contributed by atoms with Crippen molar-refractivity contribution in [2.24, 2.45) is 0 Å². The van der Waals surface area contributed by atoms with E-state index in [1.807, 2.05) is 6.92 Å². The normalized spacial score (nSPS) is 18.8. The third kappa shape index (κ3) is 2.89. The van der Waals surface area contributed by atoms with Gasteiger partial charge in [0.25, 0.3) is 5.56 Å². The first-order valence-corrected chi connectivity index (χ1v) is 8.54. The molecule has 0 radical (unpaired) electrons. The molecule has 0 saturated heterocycles. The van der Waals surface area contributed by atoms with Crippen molar-refractivity contribution in [1.29, 1.82) is 0 Å². The highest BCUT2D eigenvalue weighted by molar-refractivity contribution is 6.30. The van der Waals surface area contributed by atoms with Gasteiger partial charge in [0.05, 0.1) is 6.61 Å². The van der Waals surface area contributed by atoms with Crippen LogP contribution in [-0.4, -0.2) is 24.4 Å². The van der Waals surface area contributed by atoms with E-state index in [0.29, 0.717) is 12.1 Å². The Labute approximate surface area is 153 Å². The summed E-state index contributed by atoms with van der Waals surface area (Å²) in [6.07, 6.45) is -4.12. The summed E-state index contributed by atoms with van der Waals surface area (Å²) in [5, 5.41) is 3.00. The van der Waals surface area contributed by atoms with Crippen LogP contribution in [0.3, 0.4) is 0 Å². The number of benzene rings is 1. The molecule has 26 heavy (non-hydrogen) atoms. The molecule has 4 nitrogen and oxygen atoms in total. The Balaban J connectivity index is 2.37. The predicted octanol–water partition coefficient (Wildman–Crippen LogP) is 4.67. The summed E-state index contributed by atoms with van der Waals surface area (Å²) in [7, 11) is 0. The number of rotatable bonds is 4. The van der Waals surface area contributed by atoms with Crippen LogP contribution in [0, 0.1) is 6.92 Å². The van der Waals surface area contributed by atoms with Crippen LogP contribution in [0.4, 0.5) is 24.5 Å². The lowest BCUT2D eigenvalue weighted by Crippen LogP contribution is -2.50. The molecule has 1 aliphatic heterocycles. The number of alkyl halides is 3. The number of hydrogen-bond donors (Lipinski definition) is 2. The maximum absolute atomic E-state index is 14.5. The van der Waals surface area contributed by atoms with Crippen molar-refractivity contribution >= 4 is 23.0 Å². The number of hydrogen-bond acceptors (Lipinski definition) is 3. The van der Waals surface area contributed by atoms with Gasteiger partial charge in [-0.1, -0.05) is 18.5 Å². The largest absolute Gasteiger partial charge is 0.404 e. The lowest BCUT2D eigenvalue weighted by Gasteiger charge is -2.41. The predicted molar refractivity (Wildman–Crippen MR) is 94.5 cm³/mol. The number of halogens is 4. The molecule has 8 heteroatoms. The smallest absolute Gasteiger partial charge is 0.380 e. The summed E-state index contributed by atoms with van der Waals surface area (Å²) in [6.45, 7) is 2.91. The zero-order chi connectivity index (χ0) is 19.1. The van der Waals surface area contributed by atoms with Crippen molar-refractivity contribution in [1.82, 2.24) is 4.98 Å². The molecular formula is C18H18ClF3N2O2. The standard InChI is InChI=1S/C18H18ClF3N2O2/c1-3-6-26-9-17(18(20,21)22)12-8-11(19)4-5-14(12)24-15-13(17)7-10(2)23-16(15)25/h4-5,7-8,24H,3,6,9H2,1-2H3,(H,23,25). The van der Waals surface area contributed by atoms with Crippen molar-refractivity contribution in [2.75, 3.05) is 18.5 Å². The van der Waals surface area contributed by atoms with Gasteiger partial charge < -0.3 is 15.0 Å². The molecule has 3 rings (SSSR count). The summed E-state index contributed by atoms with van der Waals surface area (Å²) >= 11 is 6.00. The van der Waals surface area contributed by atoms with Crippen molar-refractivity contribution in [3.05, 3.63) is 56.5 Å². The van der Waals surface area contributed by atoms with Gasteiger partial charge >= 0.3 is 6.18 Å². The minimum atomic E-state index is -4.70. The molecule has 0 bridgehead atoms. The molecule has 0 amide bonds. The van der Waals surface area contributed by atoms with Crippen molar-refractivity contribution < 1.29 is 17.9 Å². The lowest BCUT2D eigenvalue weighted by atomic mass is 9.71. The SMILES string of the molecule is CCCOCC1(C(F)(F)F)c2cc(Cl)ccc2Nc2c1cc(C)[nH]c2=O. The van der Waals surface area contributed by atoms with Crippen LogP contribution in [0.2, 0.25) is 5.02 Å². The van der Waals surface area contributed by atoms with Gasteiger partial charge in [0, 0.05) is 28.6 Å². The fourth-order valence-corrected chi connectivity index (χ4v) is 3.49. The molecule has 2 heterocycles. The highest BCUT2D eigenvalue weighted by Gasteiger charge is 2.61. The van der Waals surface area contributed by atoms with E-state index < -0.39 is 23.8 Å². The third-order valence-electron chi connectivity index (χ3n) is 4.48. The Morgan fingerprint density at radius 3 is 2.62 bits per heavy atom. The highest BCUT2D eigenvalue weighted by atomic mass is 35.5. The van der Waals surface area contributed by atoms with Gasteiger partial charge in [0.15, 0.2) is 0 Å². The second-order valence-corrected chi connectivity index (χ2v) is 6.78. The maximum atomic E-state index is 14.5. The van der Waals surface area contributed by atoms with Gasteiger partial charge in [-0.25, -0.2) is 0 Å². The molecular weight excluding hydrogens is 369 g/mol. The summed E-state index contributed by atoms with van der Waals surface area (Å²) in [5.41, 5.74) is -2.89. The Bertz CT molecular complexity index is 895. The zero-order valence-corrected chi connectivity index (χ0v) is 15.0. The van der Waals surface area contributed by atoms with Crippen LogP contribution in [-0.2, 0) is 10.2 Å². The average Bonchev–Trinajstić information content (AvgIpc) is 2.54. The van der Waals surface area contributed by atoms with E-state index >= 15 is 0 Å². The number of ether oxygens (including phenoxy) is 1. The number of nitrogens with one attached hydrogen (secondary N) is 2. The molecule has 1 aromatic heterocycles. The fourth-order valence-electron chi connectivity index (χ4n) is 3.32. The van der Waals surface area contributed by atoms with Crippen molar-refractivity contribution in [2.45, 2.75) is 31.9 Å². The van der Waals surface area contributed by atoms with E-state index in [2.05, 4.69) is 10.3 Å². The Morgan fingerprint density at radius 2 is 1.96 bits per heavy atom. The summed E-state index contributed by atoms with van der Waals surface area (Å²) < 4.78 is 48.9. The summed E-state index contributed by atoms with van der Waals surface area (Å²) in [4.78, 5) is 14.9. The van der Waals surface area contributed by atoms with Crippen LogP contribution in [0.1, 0.15) is 30.2 Å². The van der Waals surface area contributed by atoms with E-state index in [-0.39, 0.29) is 34.1 Å². The number of fused-ring (bicyclic) bond motifs is 2. The summed E-state index contributed by atoms with van der Waals surface area (Å²) in [5.74, 6) is 0. The van der Waals surface area contributed by atoms with E-state index in [1.165, 1.54) is 24.3 Å². The Morgan fingerprint density at radius 1 is 1.23 bits per heavy atom. The number of pyridine rings is 1. The number of H-pyrrole nitrogens is 1. The molecule has 1 aliphatic rings. The monoisotopic (exact) mass is 386 g/mol. The lowest BCUT2D eigenvalue weighted by molar-refractivity contribution is -0.192. The van der Waals surface area contributed by atoms with Crippen LogP contribution < -0.4 is 10.9 Å². The molecule has 1 atom stereocenters. The van der Waals surface area contributed by atoms with Gasteiger partial charge in [-0.05, 0) is 43.2 Å². The first-order valence-electron chi connectivity index (χ1n) is 8.16. The van der Waals surface area contributed by atoms with E-state index in [0.717, 1.165) is 0 Å². The second-order valence-electron chi connectivity index (χ2n) is 6.34. The third-order valence-corrected chi connectivity index (χ3v) is 4.71. The van der Waals surface area contributed by atoms with Crippen LogP contribution in [0.25, 0.3) is 0 Å². The number of anilines is 2. The maximum Gasteiger partial charge on any atom is 0.404 e. The van der Waals surface area contributed by atoms with E-state index in [4.69, 9.17) is 16.3 Å². The average molecular weight is 387 g/mol. The molecule has 0 fully saturated rings. The van der Waals surface area contributed by atoms with Crippen LogP contribution in [0.5, 0.6) is 0 Å². The quantitative estimate of drug-likeness (QED) is 0.751. The van der Waals surface area contributed by atoms with Crippen molar-refractivity contribution in [3.63, 3.8) is 0 Å². The van der Waals surface area contributed by atoms with Crippen LogP contribution >= 0.6 is 11.6 Å². The van der Waals surface area contributed by atoms with E-state index in [1.54, 1.807) is 6.92 Å². The van der Waals surface area contributed by atoms with Gasteiger partial charge in [0.2, 0.25) is 0 Å². The fraction of sp³-hybridized carbons (Fsp3) is 0.389. The molecule has 1 unspecified atom stereocenters. The molecule has 0 saturated carbocycles. The summed E-state index contributed by atoms with van der Waals surface area (Å²) in [6, 6.07) is 5.55. The van der Waals surface area contributed by atoms with E-state index in [9.17, 15) is 18.0 Å². The zero-order valence-electron chi connectivity index (χ0n) is 14.3. The molecule has 2 N–H and O–H groups in total. The van der Waals surface area contributed by atoms with Crippen LogP contribution in [0.15, 0.2) is 29.1 Å². The first kappa shape index (κ1) is 18.8.